The Morgan fingerprint density at radius 3 is 2.85 bits per heavy atom. The number of amides is 1. The number of benzene rings is 1. The van der Waals surface area contributed by atoms with Gasteiger partial charge in [0.1, 0.15) is 0 Å². The zero-order chi connectivity index (χ0) is 19.4. The number of nitrogens with one attached hydrogen (secondary N) is 1. The van der Waals surface area contributed by atoms with E-state index in [2.05, 4.69) is 64.6 Å². The van der Waals surface area contributed by atoms with Gasteiger partial charge in [-0.1, -0.05) is 37.1 Å². The number of hydrogen-bond donors (Lipinski definition) is 1. The monoisotopic (exact) mass is 385 g/mol. The second-order valence-electron chi connectivity index (χ2n) is 7.02. The Labute approximate surface area is 164 Å². The topological polar surface area (TPSA) is 62.5 Å². The number of nitrogens with zero attached hydrogens (tertiary/aromatic N) is 4. The predicted octanol–water partition coefficient (Wildman–Crippen LogP) is 4.14. The third kappa shape index (κ3) is 4.73. The maximum Gasteiger partial charge on any atom is 0.250 e. The highest BCUT2D eigenvalue weighted by atomic mass is 32.1. The summed E-state index contributed by atoms with van der Waals surface area (Å²) in [6.07, 6.45) is 2.75. The molecule has 0 bridgehead atoms. The van der Waals surface area contributed by atoms with E-state index < -0.39 is 0 Å². The lowest BCUT2D eigenvalue weighted by Crippen LogP contribution is -2.25. The first kappa shape index (κ1) is 19.5. The average molecular weight is 386 g/mol. The van der Waals surface area contributed by atoms with Crippen molar-refractivity contribution < 1.29 is 4.79 Å². The first-order valence-electron chi connectivity index (χ1n) is 9.38. The molecule has 0 aliphatic carbocycles. The van der Waals surface area contributed by atoms with Crippen LogP contribution in [0.5, 0.6) is 0 Å². The minimum atomic E-state index is -0.0512. The van der Waals surface area contributed by atoms with Gasteiger partial charge in [0, 0.05) is 23.9 Å². The van der Waals surface area contributed by atoms with Crippen molar-refractivity contribution in [2.45, 2.75) is 40.0 Å². The summed E-state index contributed by atoms with van der Waals surface area (Å²) in [6.45, 7) is 8.11. The van der Waals surface area contributed by atoms with Crippen LogP contribution in [0.1, 0.15) is 37.3 Å². The van der Waals surface area contributed by atoms with Crippen molar-refractivity contribution in [1.29, 1.82) is 0 Å². The van der Waals surface area contributed by atoms with Crippen LogP contribution in [0, 0.1) is 13.8 Å². The third-order valence-electron chi connectivity index (χ3n) is 4.60. The highest BCUT2D eigenvalue weighted by Crippen LogP contribution is 2.28. The predicted molar refractivity (Wildman–Crippen MR) is 111 cm³/mol. The summed E-state index contributed by atoms with van der Waals surface area (Å²) < 4.78 is 1.81. The Kier molecular flexibility index (Phi) is 6.23. The van der Waals surface area contributed by atoms with E-state index in [4.69, 9.17) is 0 Å². The number of aryl methyl sites for hydroxylation is 2. The summed E-state index contributed by atoms with van der Waals surface area (Å²) in [7, 11) is 2.05. The Morgan fingerprint density at radius 2 is 2.11 bits per heavy atom. The standard InChI is InChI=1S/C20H27N5OS/c1-5-6-10-24(4)11-9-18(26)21-19-22-20-25(23-19)17(13-27-20)16-8-7-14(2)12-15(16)3/h7-8,12-13H,5-6,9-11H2,1-4H3,(H,21,23,26). The molecule has 2 aromatic heterocycles. The van der Waals surface area contributed by atoms with Gasteiger partial charge in [-0.25, -0.2) is 4.52 Å². The van der Waals surface area contributed by atoms with Gasteiger partial charge < -0.3 is 4.90 Å². The fourth-order valence-corrected chi connectivity index (χ4v) is 3.86. The van der Waals surface area contributed by atoms with Gasteiger partial charge in [0.15, 0.2) is 0 Å². The van der Waals surface area contributed by atoms with Crippen LogP contribution in [-0.2, 0) is 4.79 Å². The van der Waals surface area contributed by atoms with Crippen molar-refractivity contribution in [1.82, 2.24) is 19.5 Å². The fraction of sp³-hybridized carbons (Fsp3) is 0.450. The highest BCUT2D eigenvalue weighted by molar-refractivity contribution is 7.15. The van der Waals surface area contributed by atoms with Gasteiger partial charge in [0.2, 0.25) is 16.8 Å². The molecule has 0 aliphatic rings. The van der Waals surface area contributed by atoms with Gasteiger partial charge >= 0.3 is 0 Å². The molecule has 1 N–H and O–H groups in total. The van der Waals surface area contributed by atoms with E-state index in [1.54, 1.807) is 0 Å². The van der Waals surface area contributed by atoms with Crippen molar-refractivity contribution in [2.24, 2.45) is 0 Å². The largest absolute Gasteiger partial charge is 0.306 e. The molecule has 0 unspecified atom stereocenters. The number of unbranched alkanes of at least 4 members (excludes halogenated alkanes) is 1. The van der Waals surface area contributed by atoms with E-state index in [9.17, 15) is 4.79 Å². The van der Waals surface area contributed by atoms with Gasteiger partial charge in [-0.05, 0) is 39.4 Å². The number of aromatic nitrogens is 3. The van der Waals surface area contributed by atoms with Gasteiger partial charge in [0.05, 0.1) is 5.69 Å². The molecule has 0 fully saturated rings. The van der Waals surface area contributed by atoms with Crippen molar-refractivity contribution in [3.05, 3.63) is 34.7 Å². The smallest absolute Gasteiger partial charge is 0.250 e. The summed E-state index contributed by atoms with van der Waals surface area (Å²) in [5, 5.41) is 9.39. The first-order valence-corrected chi connectivity index (χ1v) is 10.3. The molecule has 3 rings (SSSR count). The molecular weight excluding hydrogens is 358 g/mol. The van der Waals surface area contributed by atoms with E-state index in [1.165, 1.54) is 22.5 Å². The average Bonchev–Trinajstić information content (AvgIpc) is 3.18. The van der Waals surface area contributed by atoms with Crippen LogP contribution in [0.3, 0.4) is 0 Å². The molecule has 6 nitrogen and oxygen atoms in total. The molecule has 1 aromatic carbocycles. The maximum atomic E-state index is 12.2. The Balaban J connectivity index is 1.69. The summed E-state index contributed by atoms with van der Waals surface area (Å²) in [4.78, 5) is 19.6. The highest BCUT2D eigenvalue weighted by Gasteiger charge is 2.15. The van der Waals surface area contributed by atoms with E-state index in [0.29, 0.717) is 12.4 Å². The minimum absolute atomic E-state index is 0.0512. The number of hydrogen-bond acceptors (Lipinski definition) is 5. The Morgan fingerprint density at radius 1 is 1.30 bits per heavy atom. The zero-order valence-electron chi connectivity index (χ0n) is 16.5. The van der Waals surface area contributed by atoms with E-state index in [-0.39, 0.29) is 5.91 Å². The van der Waals surface area contributed by atoms with E-state index >= 15 is 0 Å². The maximum absolute atomic E-state index is 12.2. The second-order valence-corrected chi connectivity index (χ2v) is 7.86. The molecule has 3 aromatic rings. The SMILES string of the molecule is CCCCN(C)CCC(=O)Nc1nc2scc(-c3ccc(C)cc3C)n2n1. The normalized spacial score (nSPS) is 11.4. The number of rotatable bonds is 8. The molecule has 144 valence electrons. The van der Waals surface area contributed by atoms with Crippen molar-refractivity contribution in [2.75, 3.05) is 25.5 Å². The van der Waals surface area contributed by atoms with E-state index in [1.807, 2.05) is 11.6 Å². The number of fused-ring (bicyclic) bond motifs is 1. The molecule has 27 heavy (non-hydrogen) atoms. The summed E-state index contributed by atoms with van der Waals surface area (Å²) >= 11 is 1.53. The summed E-state index contributed by atoms with van der Waals surface area (Å²) in [6, 6.07) is 6.37. The number of thiazole rings is 1. The molecule has 2 heterocycles. The van der Waals surface area contributed by atoms with Gasteiger partial charge in [-0.15, -0.1) is 16.4 Å². The van der Waals surface area contributed by atoms with Crippen molar-refractivity contribution in [3.8, 4) is 11.3 Å². The zero-order valence-corrected chi connectivity index (χ0v) is 17.3. The van der Waals surface area contributed by atoms with E-state index in [0.717, 1.165) is 42.1 Å². The lowest BCUT2D eigenvalue weighted by atomic mass is 10.0. The van der Waals surface area contributed by atoms with Crippen LogP contribution in [0.4, 0.5) is 5.95 Å². The van der Waals surface area contributed by atoms with Gasteiger partial charge in [-0.3, -0.25) is 10.1 Å². The molecule has 0 saturated carbocycles. The van der Waals surface area contributed by atoms with Crippen molar-refractivity contribution >= 4 is 28.2 Å². The van der Waals surface area contributed by atoms with Crippen LogP contribution in [0.25, 0.3) is 16.2 Å². The van der Waals surface area contributed by atoms with Crippen LogP contribution in [0.15, 0.2) is 23.6 Å². The van der Waals surface area contributed by atoms with Crippen LogP contribution in [-0.4, -0.2) is 45.5 Å². The van der Waals surface area contributed by atoms with Crippen LogP contribution < -0.4 is 5.32 Å². The van der Waals surface area contributed by atoms with Crippen molar-refractivity contribution in [3.63, 3.8) is 0 Å². The third-order valence-corrected chi connectivity index (χ3v) is 5.42. The lowest BCUT2D eigenvalue weighted by molar-refractivity contribution is -0.116. The summed E-state index contributed by atoms with van der Waals surface area (Å²) in [5.41, 5.74) is 4.57. The molecule has 7 heteroatoms. The fourth-order valence-electron chi connectivity index (χ4n) is 3.04. The number of carbonyl (C=O) groups excluding carboxylic acids is 1. The molecule has 0 aliphatic heterocycles. The number of anilines is 1. The minimum Gasteiger partial charge on any atom is -0.306 e. The number of carbonyl (C=O) groups is 1. The molecule has 0 atom stereocenters. The Hall–Kier alpha value is -2.25. The van der Waals surface area contributed by atoms with Gasteiger partial charge in [0.25, 0.3) is 0 Å². The summed E-state index contributed by atoms with van der Waals surface area (Å²) in [5.74, 6) is 0.318. The first-order chi connectivity index (χ1) is 13.0. The molecule has 1 amide bonds. The van der Waals surface area contributed by atoms with Crippen LogP contribution in [0.2, 0.25) is 0 Å². The molecular formula is C20H27N5OS. The van der Waals surface area contributed by atoms with Gasteiger partial charge in [-0.2, -0.15) is 4.98 Å². The lowest BCUT2D eigenvalue weighted by Gasteiger charge is -2.15. The quantitative estimate of drug-likeness (QED) is 0.633. The molecule has 0 saturated heterocycles. The molecule has 0 spiro atoms. The second kappa shape index (κ2) is 8.63. The Bertz CT molecular complexity index is 930. The van der Waals surface area contributed by atoms with Crippen LogP contribution >= 0.6 is 11.3 Å². The molecule has 0 radical (unpaired) electrons.